The Morgan fingerprint density at radius 3 is 1.79 bits per heavy atom. The first-order valence-electron chi connectivity index (χ1n) is 5.91. The van der Waals surface area contributed by atoms with Crippen molar-refractivity contribution in [1.82, 2.24) is 0 Å². The van der Waals surface area contributed by atoms with Gasteiger partial charge >= 0.3 is 0 Å². The molecular weight excluding hydrogens is 168 g/mol. The average Bonchev–Trinajstić information content (AvgIpc) is 2.03. The monoisotopic (exact) mass is 194 g/mol. The Hall–Kier alpha value is -0.260. The summed E-state index contributed by atoms with van der Waals surface area (Å²) < 4.78 is 0. The lowest BCUT2D eigenvalue weighted by atomic mass is 9.60. The molecule has 0 aliphatic heterocycles. The van der Waals surface area contributed by atoms with Crippen molar-refractivity contribution in [3.8, 4) is 0 Å². The van der Waals surface area contributed by atoms with Crippen LogP contribution in [-0.2, 0) is 0 Å². The first kappa shape index (κ1) is 11.8. The van der Waals surface area contributed by atoms with Crippen LogP contribution in [0, 0.1) is 10.8 Å². The van der Waals surface area contributed by atoms with E-state index in [0.717, 1.165) is 0 Å². The first-order valence-corrected chi connectivity index (χ1v) is 5.91. The summed E-state index contributed by atoms with van der Waals surface area (Å²) >= 11 is 0. The molecule has 0 saturated heterocycles. The molecular formula is C14H26. The van der Waals surface area contributed by atoms with E-state index in [9.17, 15) is 0 Å². The number of allylic oxidation sites excluding steroid dienone is 2. The summed E-state index contributed by atoms with van der Waals surface area (Å²) in [7, 11) is 0. The molecule has 0 aromatic rings. The summed E-state index contributed by atoms with van der Waals surface area (Å²) in [5.41, 5.74) is 4.28. The molecule has 0 radical (unpaired) electrons. The lowest BCUT2D eigenvalue weighted by Gasteiger charge is -2.46. The van der Waals surface area contributed by atoms with Crippen LogP contribution in [0.15, 0.2) is 11.1 Å². The van der Waals surface area contributed by atoms with Gasteiger partial charge in [-0.25, -0.2) is 0 Å². The van der Waals surface area contributed by atoms with E-state index in [4.69, 9.17) is 0 Å². The van der Waals surface area contributed by atoms with E-state index in [0.29, 0.717) is 10.8 Å². The van der Waals surface area contributed by atoms with Crippen molar-refractivity contribution >= 4 is 0 Å². The fourth-order valence-electron chi connectivity index (χ4n) is 2.35. The summed E-state index contributed by atoms with van der Waals surface area (Å²) in [5.74, 6) is 0. The van der Waals surface area contributed by atoms with E-state index in [1.54, 1.807) is 11.1 Å². The minimum atomic E-state index is 0.459. The Bertz CT molecular complexity index is 223. The maximum Gasteiger partial charge on any atom is -0.0271 e. The van der Waals surface area contributed by atoms with Crippen LogP contribution in [0.3, 0.4) is 0 Å². The van der Waals surface area contributed by atoms with E-state index < -0.39 is 0 Å². The number of rotatable bonds is 0. The van der Waals surface area contributed by atoms with E-state index in [1.807, 2.05) is 0 Å². The molecule has 0 aromatic carbocycles. The lowest BCUT2D eigenvalue weighted by Crippen LogP contribution is -2.35. The molecule has 0 aromatic heterocycles. The molecule has 0 spiro atoms. The minimum Gasteiger partial charge on any atom is -0.0772 e. The SMILES string of the molecule is CC(C)=C1CCC(C)(C(C)(C)C)CC1. The summed E-state index contributed by atoms with van der Waals surface area (Å²) in [5, 5.41) is 0. The zero-order valence-corrected chi connectivity index (χ0v) is 10.8. The van der Waals surface area contributed by atoms with Gasteiger partial charge in [-0.05, 0) is 50.4 Å². The van der Waals surface area contributed by atoms with Crippen LogP contribution >= 0.6 is 0 Å². The molecule has 0 unspecified atom stereocenters. The molecule has 0 atom stereocenters. The largest absolute Gasteiger partial charge is 0.0772 e. The Kier molecular flexibility index (Phi) is 3.13. The molecule has 0 nitrogen and oxygen atoms in total. The van der Waals surface area contributed by atoms with Crippen molar-refractivity contribution < 1.29 is 0 Å². The highest BCUT2D eigenvalue weighted by molar-refractivity contribution is 5.14. The third kappa shape index (κ3) is 2.21. The lowest BCUT2D eigenvalue weighted by molar-refractivity contribution is 0.0730. The van der Waals surface area contributed by atoms with Gasteiger partial charge in [0.2, 0.25) is 0 Å². The highest BCUT2D eigenvalue weighted by Gasteiger charge is 2.38. The van der Waals surface area contributed by atoms with Crippen molar-refractivity contribution in [2.45, 2.75) is 67.2 Å². The predicted molar refractivity (Wildman–Crippen MR) is 64.4 cm³/mol. The topological polar surface area (TPSA) is 0 Å². The third-order valence-corrected chi connectivity index (χ3v) is 4.47. The second-order valence-corrected chi connectivity index (χ2v) is 6.41. The van der Waals surface area contributed by atoms with Crippen molar-refractivity contribution in [3.05, 3.63) is 11.1 Å². The smallest absolute Gasteiger partial charge is 0.0271 e. The van der Waals surface area contributed by atoms with E-state index in [2.05, 4.69) is 41.5 Å². The number of hydrogen-bond donors (Lipinski definition) is 0. The maximum absolute atomic E-state index is 2.47. The Labute approximate surface area is 89.8 Å². The fourth-order valence-corrected chi connectivity index (χ4v) is 2.35. The van der Waals surface area contributed by atoms with Gasteiger partial charge in [0.05, 0.1) is 0 Å². The van der Waals surface area contributed by atoms with Crippen LogP contribution in [0.5, 0.6) is 0 Å². The van der Waals surface area contributed by atoms with Gasteiger partial charge in [0.15, 0.2) is 0 Å². The maximum atomic E-state index is 2.47. The summed E-state index contributed by atoms with van der Waals surface area (Å²) in [4.78, 5) is 0. The van der Waals surface area contributed by atoms with Crippen LogP contribution in [0.25, 0.3) is 0 Å². The minimum absolute atomic E-state index is 0.459. The molecule has 1 saturated carbocycles. The van der Waals surface area contributed by atoms with Crippen molar-refractivity contribution in [2.24, 2.45) is 10.8 Å². The van der Waals surface area contributed by atoms with E-state index in [1.165, 1.54) is 25.7 Å². The molecule has 1 aliphatic carbocycles. The summed E-state index contributed by atoms with van der Waals surface area (Å²) in [6.07, 6.45) is 5.40. The third-order valence-electron chi connectivity index (χ3n) is 4.47. The molecule has 0 heteroatoms. The molecule has 0 bridgehead atoms. The van der Waals surface area contributed by atoms with Crippen molar-refractivity contribution in [2.75, 3.05) is 0 Å². The molecule has 1 rings (SSSR count). The molecule has 0 amide bonds. The molecule has 82 valence electrons. The predicted octanol–water partition coefficient (Wildman–Crippen LogP) is 4.95. The molecule has 14 heavy (non-hydrogen) atoms. The van der Waals surface area contributed by atoms with Crippen molar-refractivity contribution in [1.29, 1.82) is 0 Å². The Morgan fingerprint density at radius 2 is 1.50 bits per heavy atom. The van der Waals surface area contributed by atoms with Gasteiger partial charge in [0.1, 0.15) is 0 Å². The Morgan fingerprint density at radius 1 is 1.07 bits per heavy atom. The van der Waals surface area contributed by atoms with Crippen molar-refractivity contribution in [3.63, 3.8) is 0 Å². The zero-order valence-electron chi connectivity index (χ0n) is 10.8. The van der Waals surface area contributed by atoms with Gasteiger partial charge in [0.25, 0.3) is 0 Å². The van der Waals surface area contributed by atoms with Gasteiger partial charge in [0, 0.05) is 0 Å². The fraction of sp³-hybridized carbons (Fsp3) is 0.857. The number of hydrogen-bond acceptors (Lipinski definition) is 0. The second-order valence-electron chi connectivity index (χ2n) is 6.41. The Balaban J connectivity index is 2.72. The van der Waals surface area contributed by atoms with Crippen LogP contribution in [0.2, 0.25) is 0 Å². The van der Waals surface area contributed by atoms with Gasteiger partial charge in [-0.3, -0.25) is 0 Å². The highest BCUT2D eigenvalue weighted by Crippen LogP contribution is 2.50. The normalized spacial score (nSPS) is 29.1. The van der Waals surface area contributed by atoms with Gasteiger partial charge in [-0.15, -0.1) is 0 Å². The molecule has 0 heterocycles. The average molecular weight is 194 g/mol. The zero-order chi connectivity index (χ0) is 11.0. The van der Waals surface area contributed by atoms with Crippen LogP contribution in [0.1, 0.15) is 67.2 Å². The molecule has 1 fully saturated rings. The van der Waals surface area contributed by atoms with Crippen LogP contribution in [0.4, 0.5) is 0 Å². The highest BCUT2D eigenvalue weighted by atomic mass is 14.4. The molecule has 0 N–H and O–H groups in total. The van der Waals surface area contributed by atoms with Gasteiger partial charge in [-0.2, -0.15) is 0 Å². The van der Waals surface area contributed by atoms with E-state index in [-0.39, 0.29) is 0 Å². The first-order chi connectivity index (χ1) is 6.26. The summed E-state index contributed by atoms with van der Waals surface area (Å²) in [6.45, 7) is 14.2. The standard InChI is InChI=1S/C14H26/c1-11(2)12-7-9-14(6,10-8-12)13(3,4)5/h7-10H2,1-6H3. The molecule has 1 aliphatic rings. The van der Waals surface area contributed by atoms with E-state index >= 15 is 0 Å². The summed E-state index contributed by atoms with van der Waals surface area (Å²) in [6, 6.07) is 0. The van der Waals surface area contributed by atoms with Gasteiger partial charge in [-0.1, -0.05) is 38.8 Å². The second kappa shape index (κ2) is 3.72. The van der Waals surface area contributed by atoms with Crippen LogP contribution in [-0.4, -0.2) is 0 Å². The quantitative estimate of drug-likeness (QED) is 0.479. The van der Waals surface area contributed by atoms with Crippen LogP contribution < -0.4 is 0 Å². The van der Waals surface area contributed by atoms with Gasteiger partial charge < -0.3 is 0 Å².